The Labute approximate surface area is 236 Å². The van der Waals surface area contributed by atoms with E-state index in [4.69, 9.17) is 4.74 Å². The van der Waals surface area contributed by atoms with Crippen molar-refractivity contribution in [3.63, 3.8) is 0 Å². The van der Waals surface area contributed by atoms with Gasteiger partial charge in [0.05, 0.1) is 13.2 Å². The highest BCUT2D eigenvalue weighted by Gasteiger charge is 2.45. The number of ether oxygens (including phenoxy) is 1. The van der Waals surface area contributed by atoms with Gasteiger partial charge in [-0.25, -0.2) is 9.59 Å². The zero-order valence-electron chi connectivity index (χ0n) is 24.5. The SMILES string of the molecule is C=CCNC(=O)C(=O)CNC(=O)[C@@H]1[C@@H](C)CCN1C(=O)[C@@H](NC(=O)N[C@H](C(=O)OCC1CC1)C(C)C)C(C)(C)C. The van der Waals surface area contributed by atoms with Crippen LogP contribution in [0.1, 0.15) is 60.8 Å². The Morgan fingerprint density at radius 2 is 1.68 bits per heavy atom. The standard InChI is InChI=1S/C28H45N5O7/c1-8-12-29-23(35)19(34)14-30-24(36)21-17(4)11-13-33(21)25(37)22(28(5,6)7)32-27(39)31-20(16(2)3)26(38)40-15-18-9-10-18/h8,16-18,20-22H,1,9-15H2,2-7H3,(H,29,35)(H,30,36)(H2,31,32,39)/t17-,20-,21-,22+/m0/s1. The first-order valence-corrected chi connectivity index (χ1v) is 13.9. The van der Waals surface area contributed by atoms with E-state index >= 15 is 0 Å². The van der Waals surface area contributed by atoms with Crippen molar-refractivity contribution in [1.29, 1.82) is 0 Å². The molecule has 1 saturated heterocycles. The zero-order valence-corrected chi connectivity index (χ0v) is 24.5. The Kier molecular flexibility index (Phi) is 11.7. The van der Waals surface area contributed by atoms with Crippen LogP contribution < -0.4 is 21.3 Å². The third kappa shape index (κ3) is 9.34. The molecule has 1 aliphatic heterocycles. The third-order valence-corrected chi connectivity index (χ3v) is 7.09. The second-order valence-electron chi connectivity index (χ2n) is 12.1. The van der Waals surface area contributed by atoms with Crippen LogP contribution in [0, 0.1) is 23.2 Å². The van der Waals surface area contributed by atoms with Gasteiger partial charge in [-0.3, -0.25) is 19.2 Å². The number of amides is 5. The molecule has 0 spiro atoms. The lowest BCUT2D eigenvalue weighted by atomic mass is 9.85. The predicted octanol–water partition coefficient (Wildman–Crippen LogP) is 0.903. The monoisotopic (exact) mass is 563 g/mol. The van der Waals surface area contributed by atoms with E-state index in [0.29, 0.717) is 18.9 Å². The molecular formula is C28H45N5O7. The van der Waals surface area contributed by atoms with Crippen LogP contribution in [0.4, 0.5) is 4.79 Å². The average molecular weight is 564 g/mol. The summed E-state index contributed by atoms with van der Waals surface area (Å²) < 4.78 is 5.36. The number of hydrogen-bond donors (Lipinski definition) is 4. The first kappa shape index (κ1) is 32.8. The number of nitrogens with zero attached hydrogens (tertiary/aromatic N) is 1. The summed E-state index contributed by atoms with van der Waals surface area (Å²) in [4.78, 5) is 77.7. The van der Waals surface area contributed by atoms with Crippen LogP contribution >= 0.6 is 0 Å². The van der Waals surface area contributed by atoms with Gasteiger partial charge in [-0.15, -0.1) is 6.58 Å². The fraction of sp³-hybridized carbons (Fsp3) is 0.714. The zero-order chi connectivity index (χ0) is 30.2. The van der Waals surface area contributed by atoms with Gasteiger partial charge >= 0.3 is 12.0 Å². The average Bonchev–Trinajstić information content (AvgIpc) is 3.63. The van der Waals surface area contributed by atoms with E-state index in [9.17, 15) is 28.8 Å². The van der Waals surface area contributed by atoms with Crippen LogP contribution in [0.2, 0.25) is 0 Å². The fourth-order valence-electron chi connectivity index (χ4n) is 4.41. The molecule has 12 heteroatoms. The van der Waals surface area contributed by atoms with Crippen molar-refractivity contribution < 1.29 is 33.5 Å². The van der Waals surface area contributed by atoms with Gasteiger partial charge in [0.25, 0.3) is 5.91 Å². The largest absolute Gasteiger partial charge is 0.464 e. The summed E-state index contributed by atoms with van der Waals surface area (Å²) in [7, 11) is 0. The number of urea groups is 1. The van der Waals surface area contributed by atoms with Gasteiger partial charge in [0, 0.05) is 13.1 Å². The maximum atomic E-state index is 13.8. The summed E-state index contributed by atoms with van der Waals surface area (Å²) >= 11 is 0. The molecular weight excluding hydrogens is 518 g/mol. The molecule has 4 N–H and O–H groups in total. The smallest absolute Gasteiger partial charge is 0.328 e. The van der Waals surface area contributed by atoms with Gasteiger partial charge < -0.3 is 30.9 Å². The number of rotatable bonds is 13. The van der Waals surface area contributed by atoms with Crippen molar-refractivity contribution in [3.05, 3.63) is 12.7 Å². The molecule has 0 aromatic rings. The lowest BCUT2D eigenvalue weighted by Gasteiger charge is -2.36. The molecule has 0 bridgehead atoms. The van der Waals surface area contributed by atoms with E-state index in [0.717, 1.165) is 12.8 Å². The molecule has 2 fully saturated rings. The van der Waals surface area contributed by atoms with Gasteiger partial charge in [0.15, 0.2) is 0 Å². The molecule has 2 rings (SSSR count). The van der Waals surface area contributed by atoms with Crippen molar-refractivity contribution in [2.75, 3.05) is 26.2 Å². The van der Waals surface area contributed by atoms with E-state index < -0.39 is 65.6 Å². The third-order valence-electron chi connectivity index (χ3n) is 7.09. The van der Waals surface area contributed by atoms with E-state index in [1.807, 2.05) is 6.92 Å². The van der Waals surface area contributed by atoms with Crippen LogP contribution in [0.15, 0.2) is 12.7 Å². The second-order valence-corrected chi connectivity index (χ2v) is 12.1. The van der Waals surface area contributed by atoms with E-state index in [1.54, 1.807) is 34.6 Å². The van der Waals surface area contributed by atoms with Crippen LogP contribution in [0.25, 0.3) is 0 Å². The summed E-state index contributed by atoms with van der Waals surface area (Å²) in [5, 5.41) is 10.2. The van der Waals surface area contributed by atoms with Crippen LogP contribution in [0.3, 0.4) is 0 Å². The van der Waals surface area contributed by atoms with E-state index in [2.05, 4.69) is 27.8 Å². The predicted molar refractivity (Wildman–Crippen MR) is 148 cm³/mol. The van der Waals surface area contributed by atoms with Gasteiger partial charge in [-0.2, -0.15) is 0 Å². The van der Waals surface area contributed by atoms with Gasteiger partial charge in [-0.05, 0) is 42.4 Å². The van der Waals surface area contributed by atoms with Crippen LogP contribution in [-0.2, 0) is 28.7 Å². The molecule has 0 unspecified atom stereocenters. The van der Waals surface area contributed by atoms with Crippen molar-refractivity contribution in [1.82, 2.24) is 26.2 Å². The van der Waals surface area contributed by atoms with Crippen LogP contribution in [0.5, 0.6) is 0 Å². The van der Waals surface area contributed by atoms with Crippen molar-refractivity contribution in [2.24, 2.45) is 23.2 Å². The maximum absolute atomic E-state index is 13.8. The number of carbonyl (C=O) groups excluding carboxylic acids is 6. The quantitative estimate of drug-likeness (QED) is 0.147. The molecule has 0 radical (unpaired) electrons. The minimum atomic E-state index is -1.02. The number of esters is 1. The van der Waals surface area contributed by atoms with Gasteiger partial charge in [0.1, 0.15) is 18.1 Å². The van der Waals surface area contributed by atoms with Crippen molar-refractivity contribution in [3.8, 4) is 0 Å². The normalized spacial score (nSPS) is 20.2. The number of ketones is 1. The number of carbonyl (C=O) groups is 6. The maximum Gasteiger partial charge on any atom is 0.328 e. The minimum absolute atomic E-state index is 0.120. The van der Waals surface area contributed by atoms with Gasteiger partial charge in [-0.1, -0.05) is 47.6 Å². The molecule has 1 aliphatic carbocycles. The summed E-state index contributed by atoms with van der Waals surface area (Å²) in [6.07, 6.45) is 4.02. The number of Topliss-reactive ketones (excluding diaryl/α,β-unsaturated/α-hetero) is 1. The summed E-state index contributed by atoms with van der Waals surface area (Å²) in [5.74, 6) is -3.27. The first-order valence-electron chi connectivity index (χ1n) is 13.9. The molecule has 1 saturated carbocycles. The molecule has 0 aromatic carbocycles. The summed E-state index contributed by atoms with van der Waals surface area (Å²) in [6, 6.07) is -3.48. The molecule has 40 heavy (non-hydrogen) atoms. The Balaban J connectivity index is 2.08. The topological polar surface area (TPSA) is 163 Å². The fourth-order valence-corrected chi connectivity index (χ4v) is 4.41. The highest BCUT2D eigenvalue weighted by molar-refractivity contribution is 6.37. The lowest BCUT2D eigenvalue weighted by Crippen LogP contribution is -2.61. The van der Waals surface area contributed by atoms with Crippen molar-refractivity contribution in [2.45, 2.75) is 78.9 Å². The first-order chi connectivity index (χ1) is 18.7. The molecule has 224 valence electrons. The molecule has 12 nitrogen and oxygen atoms in total. The number of likely N-dealkylation sites (tertiary alicyclic amines) is 1. The minimum Gasteiger partial charge on any atom is -0.464 e. The van der Waals surface area contributed by atoms with E-state index in [1.165, 1.54) is 11.0 Å². The van der Waals surface area contributed by atoms with E-state index in [-0.39, 0.29) is 24.9 Å². The van der Waals surface area contributed by atoms with Crippen LogP contribution in [-0.4, -0.2) is 84.8 Å². The number of nitrogens with one attached hydrogen (secondary N) is 4. The van der Waals surface area contributed by atoms with Crippen molar-refractivity contribution >= 4 is 35.5 Å². The second kappa shape index (κ2) is 14.3. The Morgan fingerprint density at radius 1 is 1.02 bits per heavy atom. The Morgan fingerprint density at radius 3 is 2.23 bits per heavy atom. The summed E-state index contributed by atoms with van der Waals surface area (Å²) in [6.45, 7) is 14.4. The molecule has 2 aliphatic rings. The molecule has 1 heterocycles. The lowest BCUT2D eigenvalue weighted by molar-refractivity contribution is -0.147. The Bertz CT molecular complexity index is 986. The molecule has 5 amide bonds. The molecule has 0 aromatic heterocycles. The Hall–Kier alpha value is -3.44. The summed E-state index contributed by atoms with van der Waals surface area (Å²) in [5.41, 5.74) is -0.736. The highest BCUT2D eigenvalue weighted by Crippen LogP contribution is 2.30. The highest BCUT2D eigenvalue weighted by atomic mass is 16.5. The number of hydrogen-bond acceptors (Lipinski definition) is 7. The van der Waals surface area contributed by atoms with Gasteiger partial charge in [0.2, 0.25) is 17.6 Å². The molecule has 4 atom stereocenters.